The molecule has 3 N–H and O–H groups in total. The molecule has 0 saturated carbocycles. The maximum absolute atomic E-state index is 13.1. The van der Waals surface area contributed by atoms with Crippen LogP contribution < -0.4 is 10.5 Å². The fraction of sp³-hybridized carbons (Fsp3) is 0.400. The molecule has 0 heterocycles. The Balaban J connectivity index is 3.16. The van der Waals surface area contributed by atoms with E-state index in [2.05, 4.69) is 0 Å². The van der Waals surface area contributed by atoms with Gasteiger partial charge in [-0.05, 0) is 18.2 Å². The number of hydrogen-bond acceptors (Lipinski definition) is 3. The zero-order valence-electron chi connectivity index (χ0n) is 8.58. The molecule has 1 atom stereocenters. The van der Waals surface area contributed by atoms with Crippen molar-refractivity contribution in [3.8, 4) is 5.75 Å². The topological polar surface area (TPSA) is 55.5 Å². The van der Waals surface area contributed by atoms with Crippen LogP contribution in [0.4, 0.5) is 13.2 Å². The quantitative estimate of drug-likeness (QED) is 0.830. The average molecular weight is 235 g/mol. The zero-order chi connectivity index (χ0) is 12.3. The molecule has 3 nitrogen and oxygen atoms in total. The maximum Gasteiger partial charge on any atom is 0.289 e. The summed E-state index contributed by atoms with van der Waals surface area (Å²) >= 11 is 0. The first-order chi connectivity index (χ1) is 7.42. The molecular weight excluding hydrogens is 223 g/mol. The predicted octanol–water partition coefficient (Wildman–Crippen LogP) is 1.46. The summed E-state index contributed by atoms with van der Waals surface area (Å²) in [4.78, 5) is 0. The third-order valence-corrected chi connectivity index (χ3v) is 2.19. The van der Waals surface area contributed by atoms with E-state index in [0.717, 1.165) is 12.1 Å². The van der Waals surface area contributed by atoms with E-state index < -0.39 is 24.4 Å². The third kappa shape index (κ3) is 2.45. The van der Waals surface area contributed by atoms with Crippen molar-refractivity contribution in [3.63, 3.8) is 0 Å². The summed E-state index contributed by atoms with van der Waals surface area (Å²) in [7, 11) is 1.26. The Bertz CT molecular complexity index is 371. The van der Waals surface area contributed by atoms with E-state index in [-0.39, 0.29) is 11.3 Å². The van der Waals surface area contributed by atoms with Crippen LogP contribution in [-0.4, -0.2) is 24.7 Å². The highest BCUT2D eigenvalue weighted by Crippen LogP contribution is 2.34. The zero-order valence-corrected chi connectivity index (χ0v) is 8.58. The van der Waals surface area contributed by atoms with Gasteiger partial charge in [-0.25, -0.2) is 13.2 Å². The highest BCUT2D eigenvalue weighted by Gasteiger charge is 2.38. The van der Waals surface area contributed by atoms with Gasteiger partial charge >= 0.3 is 0 Å². The second-order valence-electron chi connectivity index (χ2n) is 3.28. The Morgan fingerprint density at radius 1 is 1.50 bits per heavy atom. The highest BCUT2D eigenvalue weighted by atomic mass is 19.3. The largest absolute Gasteiger partial charge is 0.496 e. The molecule has 1 aromatic carbocycles. The van der Waals surface area contributed by atoms with Crippen LogP contribution in [0.2, 0.25) is 0 Å². The molecule has 0 aromatic heterocycles. The lowest BCUT2D eigenvalue weighted by atomic mass is 10.0. The molecule has 16 heavy (non-hydrogen) atoms. The van der Waals surface area contributed by atoms with Crippen LogP contribution in [0, 0.1) is 5.82 Å². The Morgan fingerprint density at radius 3 is 2.62 bits per heavy atom. The van der Waals surface area contributed by atoms with Gasteiger partial charge in [-0.1, -0.05) is 0 Å². The fourth-order valence-electron chi connectivity index (χ4n) is 1.27. The number of alkyl halides is 2. The van der Waals surface area contributed by atoms with Gasteiger partial charge in [0.15, 0.2) is 0 Å². The van der Waals surface area contributed by atoms with E-state index in [9.17, 15) is 13.2 Å². The van der Waals surface area contributed by atoms with Gasteiger partial charge in [0.1, 0.15) is 24.2 Å². The second-order valence-corrected chi connectivity index (χ2v) is 3.28. The fourth-order valence-corrected chi connectivity index (χ4v) is 1.27. The first-order valence-electron chi connectivity index (χ1n) is 4.50. The van der Waals surface area contributed by atoms with Crippen LogP contribution in [0.3, 0.4) is 0 Å². The molecule has 6 heteroatoms. The normalized spacial score (nSPS) is 13.6. The minimum absolute atomic E-state index is 0.0574. The van der Waals surface area contributed by atoms with Crippen LogP contribution in [0.5, 0.6) is 5.75 Å². The van der Waals surface area contributed by atoms with Crippen molar-refractivity contribution >= 4 is 0 Å². The molecule has 1 aromatic rings. The number of nitrogens with two attached hydrogens (primary N) is 1. The molecule has 0 radical (unpaired) electrons. The summed E-state index contributed by atoms with van der Waals surface area (Å²) in [6.45, 7) is -1.41. The van der Waals surface area contributed by atoms with Gasteiger partial charge in [-0.15, -0.1) is 0 Å². The first-order valence-corrected chi connectivity index (χ1v) is 4.50. The van der Waals surface area contributed by atoms with Crippen molar-refractivity contribution in [2.75, 3.05) is 13.7 Å². The van der Waals surface area contributed by atoms with E-state index >= 15 is 0 Å². The predicted molar refractivity (Wildman–Crippen MR) is 51.9 cm³/mol. The van der Waals surface area contributed by atoms with Crippen LogP contribution in [0.1, 0.15) is 11.6 Å². The van der Waals surface area contributed by atoms with Crippen molar-refractivity contribution in [3.05, 3.63) is 29.6 Å². The third-order valence-electron chi connectivity index (χ3n) is 2.19. The molecule has 90 valence electrons. The summed E-state index contributed by atoms with van der Waals surface area (Å²) in [6, 6.07) is 1.33. The number of ether oxygens (including phenoxy) is 1. The lowest BCUT2D eigenvalue weighted by Gasteiger charge is -2.23. The van der Waals surface area contributed by atoms with Gasteiger partial charge in [0.05, 0.1) is 7.11 Å². The number of aliphatic hydroxyl groups is 1. The smallest absolute Gasteiger partial charge is 0.289 e. The van der Waals surface area contributed by atoms with Gasteiger partial charge in [0, 0.05) is 5.56 Å². The summed E-state index contributed by atoms with van der Waals surface area (Å²) in [5.74, 6) is -4.16. The van der Waals surface area contributed by atoms with E-state index in [0.29, 0.717) is 0 Å². The Morgan fingerprint density at radius 2 is 2.12 bits per heavy atom. The van der Waals surface area contributed by atoms with E-state index in [1.54, 1.807) is 0 Å². The van der Waals surface area contributed by atoms with Gasteiger partial charge < -0.3 is 15.6 Å². The van der Waals surface area contributed by atoms with E-state index in [1.807, 2.05) is 0 Å². The minimum atomic E-state index is -3.53. The molecule has 0 saturated heterocycles. The minimum Gasteiger partial charge on any atom is -0.496 e. The number of aliphatic hydroxyl groups excluding tert-OH is 1. The van der Waals surface area contributed by atoms with Crippen LogP contribution in [0.15, 0.2) is 18.2 Å². The van der Waals surface area contributed by atoms with Gasteiger partial charge in [-0.3, -0.25) is 0 Å². The van der Waals surface area contributed by atoms with Crippen molar-refractivity contribution < 1.29 is 23.0 Å². The standard InChI is InChI=1S/C10H12F3NO2/c1-16-8-3-2-6(11)4-7(8)9(14)10(12,13)5-15/h2-4,9,15H,5,14H2,1H3/t9-/m1/s1. The highest BCUT2D eigenvalue weighted by molar-refractivity contribution is 5.37. The molecule has 0 spiro atoms. The SMILES string of the molecule is COc1ccc(F)cc1[C@@H](N)C(F)(F)CO. The van der Waals surface area contributed by atoms with E-state index in [4.69, 9.17) is 15.6 Å². The molecule has 0 aliphatic carbocycles. The maximum atomic E-state index is 13.1. The van der Waals surface area contributed by atoms with Crippen molar-refractivity contribution in [2.45, 2.75) is 12.0 Å². The lowest BCUT2D eigenvalue weighted by Crippen LogP contribution is -2.36. The molecule has 0 unspecified atom stereocenters. The first kappa shape index (κ1) is 12.8. The summed E-state index contributed by atoms with van der Waals surface area (Å²) in [5, 5.41) is 8.49. The summed E-state index contributed by atoms with van der Waals surface area (Å²) in [5.41, 5.74) is 5.09. The molecule has 1 rings (SSSR count). The lowest BCUT2D eigenvalue weighted by molar-refractivity contribution is -0.0716. The number of benzene rings is 1. The van der Waals surface area contributed by atoms with E-state index in [1.165, 1.54) is 13.2 Å². The molecular formula is C10H12F3NO2. The number of methoxy groups -OCH3 is 1. The van der Waals surface area contributed by atoms with Gasteiger partial charge in [0.25, 0.3) is 5.92 Å². The van der Waals surface area contributed by atoms with Crippen molar-refractivity contribution in [2.24, 2.45) is 5.73 Å². The number of halogens is 3. The van der Waals surface area contributed by atoms with Gasteiger partial charge in [0.2, 0.25) is 0 Å². The summed E-state index contributed by atoms with van der Waals surface area (Å²) in [6.07, 6.45) is 0. The summed E-state index contributed by atoms with van der Waals surface area (Å²) < 4.78 is 44.0. The molecule has 0 bridgehead atoms. The second kappa shape index (κ2) is 4.71. The van der Waals surface area contributed by atoms with Crippen LogP contribution in [0.25, 0.3) is 0 Å². The van der Waals surface area contributed by atoms with Gasteiger partial charge in [-0.2, -0.15) is 0 Å². The molecule has 0 aliphatic rings. The van der Waals surface area contributed by atoms with Crippen LogP contribution in [-0.2, 0) is 0 Å². The Hall–Kier alpha value is -1.27. The average Bonchev–Trinajstić information content (AvgIpc) is 2.28. The van der Waals surface area contributed by atoms with Crippen LogP contribution >= 0.6 is 0 Å². The molecule has 0 amide bonds. The molecule has 0 fully saturated rings. The Labute approximate surface area is 90.6 Å². The molecule has 0 aliphatic heterocycles. The number of rotatable bonds is 4. The number of hydrogen-bond donors (Lipinski definition) is 2. The monoisotopic (exact) mass is 235 g/mol. The Kier molecular flexibility index (Phi) is 3.77. The van der Waals surface area contributed by atoms with Crippen molar-refractivity contribution in [1.29, 1.82) is 0 Å². The van der Waals surface area contributed by atoms with Crippen molar-refractivity contribution in [1.82, 2.24) is 0 Å².